The van der Waals surface area contributed by atoms with Crippen LogP contribution in [-0.4, -0.2) is 46.4 Å². The van der Waals surface area contributed by atoms with Crippen LogP contribution >= 0.6 is 23.2 Å². The fraction of sp³-hybridized carbons (Fsp3) is 0.444. The number of aromatic nitrogens is 2. The molecule has 1 saturated heterocycles. The number of nitrogens with zero attached hydrogens (tertiary/aromatic N) is 3. The minimum atomic E-state index is -0.858. The first-order valence-electron chi connectivity index (χ1n) is 8.62. The third kappa shape index (κ3) is 4.57. The van der Waals surface area contributed by atoms with Crippen LogP contribution in [0.4, 0.5) is 11.6 Å². The van der Waals surface area contributed by atoms with E-state index in [0.29, 0.717) is 21.4 Å². The van der Waals surface area contributed by atoms with Gasteiger partial charge in [-0.3, -0.25) is 0 Å². The predicted octanol–water partition coefficient (Wildman–Crippen LogP) is 3.14. The van der Waals surface area contributed by atoms with Crippen molar-refractivity contribution in [3.63, 3.8) is 0 Å². The second-order valence-electron chi connectivity index (χ2n) is 6.43. The molecule has 1 aliphatic heterocycles. The summed E-state index contributed by atoms with van der Waals surface area (Å²) in [6.45, 7) is 2.10. The van der Waals surface area contributed by atoms with Gasteiger partial charge in [0.25, 0.3) is 0 Å². The van der Waals surface area contributed by atoms with Crippen molar-refractivity contribution in [2.45, 2.75) is 18.9 Å². The lowest BCUT2D eigenvalue weighted by Crippen LogP contribution is -2.37. The van der Waals surface area contributed by atoms with Crippen molar-refractivity contribution in [1.82, 2.24) is 9.97 Å². The van der Waals surface area contributed by atoms with E-state index in [1.54, 1.807) is 18.2 Å². The van der Waals surface area contributed by atoms with E-state index < -0.39 is 6.10 Å². The first-order valence-corrected chi connectivity index (χ1v) is 9.37. The van der Waals surface area contributed by atoms with Crippen molar-refractivity contribution in [3.8, 4) is 0 Å². The van der Waals surface area contributed by atoms with E-state index in [4.69, 9.17) is 23.2 Å². The van der Waals surface area contributed by atoms with E-state index in [0.717, 1.165) is 31.7 Å². The highest BCUT2D eigenvalue weighted by Gasteiger charge is 2.21. The van der Waals surface area contributed by atoms with E-state index >= 15 is 0 Å². The molecule has 0 saturated carbocycles. The fourth-order valence-electron chi connectivity index (χ4n) is 3.17. The van der Waals surface area contributed by atoms with Gasteiger partial charge in [-0.15, -0.1) is 0 Å². The SMILES string of the molecule is OCC1CCCN(c2cc(NCC(O)c3c(Cl)cccc3Cl)ncn2)C1. The van der Waals surface area contributed by atoms with Crippen molar-refractivity contribution in [2.24, 2.45) is 5.92 Å². The van der Waals surface area contributed by atoms with Gasteiger partial charge in [-0.2, -0.15) is 0 Å². The minimum Gasteiger partial charge on any atom is -0.396 e. The molecule has 6 nitrogen and oxygen atoms in total. The van der Waals surface area contributed by atoms with Crippen LogP contribution in [0.2, 0.25) is 10.0 Å². The smallest absolute Gasteiger partial charge is 0.134 e. The molecular weight excluding hydrogens is 375 g/mol. The lowest BCUT2D eigenvalue weighted by atomic mass is 9.99. The van der Waals surface area contributed by atoms with Gasteiger partial charge in [0.2, 0.25) is 0 Å². The van der Waals surface area contributed by atoms with Crippen molar-refractivity contribution < 1.29 is 10.2 Å². The highest BCUT2D eigenvalue weighted by molar-refractivity contribution is 6.36. The zero-order valence-corrected chi connectivity index (χ0v) is 15.8. The maximum atomic E-state index is 10.4. The summed E-state index contributed by atoms with van der Waals surface area (Å²) in [4.78, 5) is 10.7. The summed E-state index contributed by atoms with van der Waals surface area (Å²) in [5, 5.41) is 23.8. The van der Waals surface area contributed by atoms with Gasteiger partial charge in [0.15, 0.2) is 0 Å². The van der Waals surface area contributed by atoms with Crippen LogP contribution in [0.1, 0.15) is 24.5 Å². The molecule has 0 aliphatic carbocycles. The number of aliphatic hydroxyl groups is 2. The summed E-state index contributed by atoms with van der Waals surface area (Å²) >= 11 is 12.3. The predicted molar refractivity (Wildman–Crippen MR) is 104 cm³/mol. The topological polar surface area (TPSA) is 81.5 Å². The van der Waals surface area contributed by atoms with E-state index in [1.807, 2.05) is 6.07 Å². The molecule has 1 aliphatic rings. The first kappa shape index (κ1) is 19.2. The molecule has 8 heteroatoms. The van der Waals surface area contributed by atoms with Gasteiger partial charge >= 0.3 is 0 Å². The quantitative estimate of drug-likeness (QED) is 0.695. The Balaban J connectivity index is 1.65. The van der Waals surface area contributed by atoms with Crippen LogP contribution in [0.3, 0.4) is 0 Å². The van der Waals surface area contributed by atoms with Gasteiger partial charge in [-0.1, -0.05) is 29.3 Å². The van der Waals surface area contributed by atoms with Crippen molar-refractivity contribution >= 4 is 34.8 Å². The number of benzene rings is 1. The number of nitrogens with one attached hydrogen (secondary N) is 1. The third-order valence-electron chi connectivity index (χ3n) is 4.56. The highest BCUT2D eigenvalue weighted by Crippen LogP contribution is 2.30. The Morgan fingerprint density at radius 1 is 1.27 bits per heavy atom. The second kappa shape index (κ2) is 8.86. The molecule has 1 fully saturated rings. The molecule has 1 aromatic carbocycles. The zero-order valence-electron chi connectivity index (χ0n) is 14.3. The van der Waals surface area contributed by atoms with Crippen molar-refractivity contribution in [2.75, 3.05) is 36.5 Å². The molecule has 2 unspecified atom stereocenters. The average Bonchev–Trinajstić information content (AvgIpc) is 2.66. The molecular formula is C18H22Cl2N4O2. The average molecular weight is 397 g/mol. The van der Waals surface area contributed by atoms with E-state index in [9.17, 15) is 10.2 Å². The van der Waals surface area contributed by atoms with Crippen LogP contribution in [0.25, 0.3) is 0 Å². The summed E-state index contributed by atoms with van der Waals surface area (Å²) in [5.41, 5.74) is 0.499. The highest BCUT2D eigenvalue weighted by atomic mass is 35.5. The number of halogens is 2. The largest absolute Gasteiger partial charge is 0.396 e. The van der Waals surface area contributed by atoms with Gasteiger partial charge in [-0.25, -0.2) is 9.97 Å². The van der Waals surface area contributed by atoms with E-state index in [-0.39, 0.29) is 19.1 Å². The molecule has 2 heterocycles. The summed E-state index contributed by atoms with van der Waals surface area (Å²) in [6.07, 6.45) is 2.70. The molecule has 3 N–H and O–H groups in total. The van der Waals surface area contributed by atoms with E-state index in [2.05, 4.69) is 20.2 Å². The number of anilines is 2. The first-order chi connectivity index (χ1) is 12.6. The lowest BCUT2D eigenvalue weighted by molar-refractivity contribution is 0.191. The number of hydrogen-bond acceptors (Lipinski definition) is 6. The molecule has 3 rings (SSSR count). The molecule has 0 radical (unpaired) electrons. The van der Waals surface area contributed by atoms with Gasteiger partial charge in [0.1, 0.15) is 18.0 Å². The Labute approximate surface area is 162 Å². The van der Waals surface area contributed by atoms with Gasteiger partial charge < -0.3 is 20.4 Å². The number of hydrogen-bond donors (Lipinski definition) is 3. The van der Waals surface area contributed by atoms with Crippen LogP contribution < -0.4 is 10.2 Å². The Morgan fingerprint density at radius 2 is 2.04 bits per heavy atom. The maximum Gasteiger partial charge on any atom is 0.134 e. The summed E-state index contributed by atoms with van der Waals surface area (Å²) in [5.74, 6) is 1.70. The molecule has 0 spiro atoms. The molecule has 2 aromatic rings. The Morgan fingerprint density at radius 3 is 2.77 bits per heavy atom. The minimum absolute atomic E-state index is 0.192. The Kier molecular flexibility index (Phi) is 6.53. The molecule has 26 heavy (non-hydrogen) atoms. The van der Waals surface area contributed by atoms with E-state index in [1.165, 1.54) is 6.33 Å². The van der Waals surface area contributed by atoms with Crippen LogP contribution in [0, 0.1) is 5.92 Å². The fourth-order valence-corrected chi connectivity index (χ4v) is 3.82. The second-order valence-corrected chi connectivity index (χ2v) is 7.24. The summed E-state index contributed by atoms with van der Waals surface area (Å²) in [6, 6.07) is 6.98. The molecule has 2 atom stereocenters. The zero-order chi connectivity index (χ0) is 18.5. The standard InChI is InChI=1S/C18H22Cl2N4O2/c19-13-4-1-5-14(20)18(13)15(26)8-21-16-7-17(23-11-22-16)24-6-2-3-12(9-24)10-25/h1,4-5,7,11-12,15,25-26H,2-3,6,8-10H2,(H,21,22,23). The van der Waals surface area contributed by atoms with Gasteiger partial charge in [0.05, 0.1) is 6.10 Å². The molecule has 140 valence electrons. The van der Waals surface area contributed by atoms with Crippen LogP contribution in [0.15, 0.2) is 30.6 Å². The molecule has 0 amide bonds. The van der Waals surface area contributed by atoms with Crippen LogP contribution in [-0.2, 0) is 0 Å². The molecule has 0 bridgehead atoms. The number of piperidine rings is 1. The number of rotatable bonds is 6. The van der Waals surface area contributed by atoms with Gasteiger partial charge in [-0.05, 0) is 30.9 Å². The molecule has 1 aromatic heterocycles. The van der Waals surface area contributed by atoms with Crippen LogP contribution in [0.5, 0.6) is 0 Å². The normalized spacial score (nSPS) is 18.6. The Bertz CT molecular complexity index is 727. The maximum absolute atomic E-state index is 10.4. The third-order valence-corrected chi connectivity index (χ3v) is 5.22. The summed E-state index contributed by atoms with van der Waals surface area (Å²) < 4.78 is 0. The lowest BCUT2D eigenvalue weighted by Gasteiger charge is -2.32. The Hall–Kier alpha value is -1.60. The van der Waals surface area contributed by atoms with Gasteiger partial charge in [0, 0.05) is 47.9 Å². The summed E-state index contributed by atoms with van der Waals surface area (Å²) in [7, 11) is 0. The van der Waals surface area contributed by atoms with Crippen molar-refractivity contribution in [1.29, 1.82) is 0 Å². The van der Waals surface area contributed by atoms with Crippen molar-refractivity contribution in [3.05, 3.63) is 46.2 Å². The monoisotopic (exact) mass is 396 g/mol. The number of aliphatic hydroxyl groups excluding tert-OH is 2.